The van der Waals surface area contributed by atoms with E-state index in [0.29, 0.717) is 6.42 Å². The standard InChI is InChI=1S/C23H28N2O4/c1-17(2)21(24-23(28)29-16-19-12-8-5-9-13-19)22(27)25(3)20(15-26)14-18-10-6-4-7-11-18/h4-13,15,17,20-21H,14,16H2,1-3H3,(H,24,28)/t20-,21?/m0/s1. The molecule has 1 unspecified atom stereocenters. The maximum Gasteiger partial charge on any atom is 0.408 e. The predicted octanol–water partition coefficient (Wildman–Crippen LogP) is 3.21. The second-order valence-electron chi connectivity index (χ2n) is 7.27. The molecule has 0 saturated carbocycles. The van der Waals surface area contributed by atoms with Crippen LogP contribution in [0.5, 0.6) is 0 Å². The van der Waals surface area contributed by atoms with Gasteiger partial charge in [-0.05, 0) is 23.5 Å². The van der Waals surface area contributed by atoms with Crippen molar-refractivity contribution in [2.45, 2.75) is 39.0 Å². The number of hydrogen-bond donors (Lipinski definition) is 1. The Bertz CT molecular complexity index is 793. The van der Waals surface area contributed by atoms with Gasteiger partial charge in [0.1, 0.15) is 18.9 Å². The van der Waals surface area contributed by atoms with Crippen LogP contribution >= 0.6 is 0 Å². The van der Waals surface area contributed by atoms with Gasteiger partial charge in [-0.15, -0.1) is 0 Å². The average molecular weight is 396 g/mol. The van der Waals surface area contributed by atoms with E-state index in [-0.39, 0.29) is 18.4 Å². The van der Waals surface area contributed by atoms with Gasteiger partial charge in [0.15, 0.2) is 0 Å². The lowest BCUT2D eigenvalue weighted by atomic mass is 10.0. The molecule has 0 aliphatic heterocycles. The number of nitrogens with zero attached hydrogens (tertiary/aromatic N) is 1. The normalized spacial score (nSPS) is 12.7. The van der Waals surface area contributed by atoms with Gasteiger partial charge in [0.2, 0.25) is 5.91 Å². The number of carbonyl (C=O) groups excluding carboxylic acids is 3. The fourth-order valence-corrected chi connectivity index (χ4v) is 2.92. The number of nitrogens with one attached hydrogen (secondary N) is 1. The lowest BCUT2D eigenvalue weighted by molar-refractivity contribution is -0.137. The number of hydrogen-bond acceptors (Lipinski definition) is 4. The quantitative estimate of drug-likeness (QED) is 0.661. The minimum Gasteiger partial charge on any atom is -0.445 e. The van der Waals surface area contributed by atoms with Crippen LogP contribution < -0.4 is 5.32 Å². The molecule has 0 heterocycles. The smallest absolute Gasteiger partial charge is 0.408 e. The number of likely N-dealkylation sites (N-methyl/N-ethyl adjacent to an activating group) is 1. The fraction of sp³-hybridized carbons (Fsp3) is 0.348. The maximum atomic E-state index is 13.0. The van der Waals surface area contributed by atoms with Gasteiger partial charge in [-0.25, -0.2) is 4.79 Å². The molecule has 0 aromatic heterocycles. The molecule has 154 valence electrons. The molecule has 0 fully saturated rings. The summed E-state index contributed by atoms with van der Waals surface area (Å²) in [6.45, 7) is 3.79. The molecule has 2 atom stereocenters. The first-order valence-corrected chi connectivity index (χ1v) is 9.65. The van der Waals surface area contributed by atoms with Crippen molar-refractivity contribution in [2.75, 3.05) is 7.05 Å². The molecule has 0 radical (unpaired) electrons. The van der Waals surface area contributed by atoms with Crippen molar-refractivity contribution in [3.05, 3.63) is 71.8 Å². The summed E-state index contributed by atoms with van der Waals surface area (Å²) in [5, 5.41) is 2.64. The van der Waals surface area contributed by atoms with Crippen molar-refractivity contribution in [3.63, 3.8) is 0 Å². The monoisotopic (exact) mass is 396 g/mol. The highest BCUT2D eigenvalue weighted by atomic mass is 16.5. The van der Waals surface area contributed by atoms with Crippen molar-refractivity contribution in [1.29, 1.82) is 0 Å². The Labute approximate surface area is 171 Å². The Balaban J connectivity index is 1.99. The van der Waals surface area contributed by atoms with E-state index in [2.05, 4.69) is 5.32 Å². The van der Waals surface area contributed by atoms with Gasteiger partial charge in [-0.2, -0.15) is 0 Å². The van der Waals surface area contributed by atoms with E-state index in [0.717, 1.165) is 17.4 Å². The van der Waals surface area contributed by atoms with Crippen LogP contribution in [0.3, 0.4) is 0 Å². The molecule has 0 bridgehead atoms. The van der Waals surface area contributed by atoms with Gasteiger partial charge in [-0.1, -0.05) is 74.5 Å². The van der Waals surface area contributed by atoms with Gasteiger partial charge in [0, 0.05) is 7.05 Å². The van der Waals surface area contributed by atoms with E-state index >= 15 is 0 Å². The second kappa shape index (κ2) is 11.0. The molecule has 29 heavy (non-hydrogen) atoms. The summed E-state index contributed by atoms with van der Waals surface area (Å²) in [6.07, 6.45) is 0.506. The summed E-state index contributed by atoms with van der Waals surface area (Å²) in [7, 11) is 1.58. The number of aldehydes is 1. The van der Waals surface area contributed by atoms with Crippen molar-refractivity contribution >= 4 is 18.3 Å². The van der Waals surface area contributed by atoms with Crippen LogP contribution in [0.4, 0.5) is 4.79 Å². The van der Waals surface area contributed by atoms with Crippen molar-refractivity contribution in [2.24, 2.45) is 5.92 Å². The van der Waals surface area contributed by atoms with Gasteiger partial charge in [-0.3, -0.25) is 4.79 Å². The van der Waals surface area contributed by atoms with Crippen LogP contribution in [0.25, 0.3) is 0 Å². The van der Waals surface area contributed by atoms with Crippen molar-refractivity contribution in [3.8, 4) is 0 Å². The number of carbonyl (C=O) groups is 3. The number of benzene rings is 2. The molecule has 6 heteroatoms. The maximum absolute atomic E-state index is 13.0. The molecule has 0 saturated heterocycles. The predicted molar refractivity (Wildman–Crippen MR) is 111 cm³/mol. The summed E-state index contributed by atoms with van der Waals surface area (Å²) >= 11 is 0. The summed E-state index contributed by atoms with van der Waals surface area (Å²) in [5.41, 5.74) is 1.82. The first-order chi connectivity index (χ1) is 13.9. The number of rotatable bonds is 9. The van der Waals surface area contributed by atoms with Crippen LogP contribution in [-0.4, -0.2) is 42.3 Å². The van der Waals surface area contributed by atoms with Gasteiger partial charge in [0.25, 0.3) is 0 Å². The number of amides is 2. The Morgan fingerprint density at radius 3 is 2.07 bits per heavy atom. The van der Waals surface area contributed by atoms with Gasteiger partial charge in [0.05, 0.1) is 6.04 Å². The Hall–Kier alpha value is -3.15. The van der Waals surface area contributed by atoms with E-state index in [1.165, 1.54) is 4.90 Å². The SMILES string of the molecule is CC(C)C(NC(=O)OCc1ccccc1)C(=O)N(C)[C@H](C=O)Cc1ccccc1. The lowest BCUT2D eigenvalue weighted by Crippen LogP contribution is -2.53. The van der Waals surface area contributed by atoms with Gasteiger partial charge >= 0.3 is 6.09 Å². The van der Waals surface area contributed by atoms with Crippen LogP contribution in [0.15, 0.2) is 60.7 Å². The molecule has 0 aliphatic carbocycles. The van der Waals surface area contributed by atoms with E-state index in [4.69, 9.17) is 4.74 Å². The molecule has 1 N–H and O–H groups in total. The highest BCUT2D eigenvalue weighted by Crippen LogP contribution is 2.12. The molecule has 0 aliphatic rings. The Morgan fingerprint density at radius 2 is 1.55 bits per heavy atom. The Morgan fingerprint density at radius 1 is 1.00 bits per heavy atom. The number of alkyl carbamates (subject to hydrolysis) is 1. The van der Waals surface area contributed by atoms with E-state index in [1.54, 1.807) is 7.05 Å². The summed E-state index contributed by atoms with van der Waals surface area (Å²) in [4.78, 5) is 38.2. The molecule has 2 aromatic rings. The van der Waals surface area contributed by atoms with E-state index in [9.17, 15) is 14.4 Å². The second-order valence-corrected chi connectivity index (χ2v) is 7.27. The molecule has 2 amide bonds. The first kappa shape index (κ1) is 22.1. The number of ether oxygens (including phenoxy) is 1. The average Bonchev–Trinajstić information content (AvgIpc) is 2.74. The molecular weight excluding hydrogens is 368 g/mol. The fourth-order valence-electron chi connectivity index (χ4n) is 2.92. The highest BCUT2D eigenvalue weighted by molar-refractivity contribution is 5.87. The zero-order valence-electron chi connectivity index (χ0n) is 17.1. The van der Waals surface area contributed by atoms with Crippen molar-refractivity contribution < 1.29 is 19.1 Å². The third kappa shape index (κ3) is 6.75. The minimum absolute atomic E-state index is 0.118. The largest absolute Gasteiger partial charge is 0.445 e. The third-order valence-corrected chi connectivity index (χ3v) is 4.71. The van der Waals surface area contributed by atoms with Crippen molar-refractivity contribution in [1.82, 2.24) is 10.2 Å². The molecule has 0 spiro atoms. The molecule has 2 aromatic carbocycles. The molecule has 2 rings (SSSR count). The lowest BCUT2D eigenvalue weighted by Gasteiger charge is -2.30. The first-order valence-electron chi connectivity index (χ1n) is 9.65. The van der Waals surface area contributed by atoms with Crippen LogP contribution in [0.2, 0.25) is 0 Å². The summed E-state index contributed by atoms with van der Waals surface area (Å²) < 4.78 is 5.23. The summed E-state index contributed by atoms with van der Waals surface area (Å²) in [6, 6.07) is 17.4. The highest BCUT2D eigenvalue weighted by Gasteiger charge is 2.31. The molecule has 6 nitrogen and oxygen atoms in total. The van der Waals surface area contributed by atoms with Crippen LogP contribution in [0, 0.1) is 5.92 Å². The zero-order chi connectivity index (χ0) is 21.2. The van der Waals surface area contributed by atoms with Crippen LogP contribution in [0.1, 0.15) is 25.0 Å². The van der Waals surface area contributed by atoms with Gasteiger partial charge < -0.3 is 19.7 Å². The molecular formula is C23H28N2O4. The topological polar surface area (TPSA) is 75.7 Å². The third-order valence-electron chi connectivity index (χ3n) is 4.71. The van der Waals surface area contributed by atoms with Crippen LogP contribution in [-0.2, 0) is 27.4 Å². The minimum atomic E-state index is -0.790. The Kier molecular flexibility index (Phi) is 8.40. The zero-order valence-corrected chi connectivity index (χ0v) is 17.1. The van der Waals surface area contributed by atoms with E-state index < -0.39 is 18.2 Å². The summed E-state index contributed by atoms with van der Waals surface area (Å²) in [5.74, 6) is -0.497. The van der Waals surface area contributed by atoms with E-state index in [1.807, 2.05) is 74.5 Å².